The van der Waals surface area contributed by atoms with Crippen molar-refractivity contribution >= 4 is 5.97 Å². The molecule has 1 N–H and O–H groups in total. The molecule has 0 aliphatic rings. The van der Waals surface area contributed by atoms with E-state index in [0.717, 1.165) is 24.0 Å². The van der Waals surface area contributed by atoms with Crippen molar-refractivity contribution < 1.29 is 14.6 Å². The van der Waals surface area contributed by atoms with Gasteiger partial charge in [0.2, 0.25) is 0 Å². The summed E-state index contributed by atoms with van der Waals surface area (Å²) in [6.07, 6.45) is 20.8. The zero-order valence-corrected chi connectivity index (χ0v) is 23.1. The van der Waals surface area contributed by atoms with Gasteiger partial charge in [-0.3, -0.25) is 4.79 Å². The maximum absolute atomic E-state index is 12.1. The van der Waals surface area contributed by atoms with Crippen LogP contribution >= 0.6 is 0 Å². The molecule has 0 saturated heterocycles. The predicted octanol–water partition coefficient (Wildman–Crippen LogP) is 9.35. The summed E-state index contributed by atoms with van der Waals surface area (Å²) < 4.78 is 5.42. The standard InChI is InChI=1S/C31H54O3/c1-6-7-8-9-10-11-12-13-14-15-16-17-18-19-20-23-34-29(32)22-21-27-25-28(31(3,4)5)24-26(2)30(27)33/h24-25,33H,6-23H2,1-5H3. The first-order valence-electron chi connectivity index (χ1n) is 14.2. The monoisotopic (exact) mass is 474 g/mol. The summed E-state index contributed by atoms with van der Waals surface area (Å²) in [7, 11) is 0. The number of ether oxygens (including phenoxy) is 1. The molecule has 34 heavy (non-hydrogen) atoms. The number of hydrogen-bond donors (Lipinski definition) is 1. The highest BCUT2D eigenvalue weighted by Gasteiger charge is 2.18. The van der Waals surface area contributed by atoms with Gasteiger partial charge in [-0.15, -0.1) is 0 Å². The SMILES string of the molecule is CCCCCCCCCCCCCCCCCOC(=O)CCc1cc(C(C)(C)C)cc(C)c1O. The van der Waals surface area contributed by atoms with E-state index in [4.69, 9.17) is 4.74 Å². The summed E-state index contributed by atoms with van der Waals surface area (Å²) in [4.78, 5) is 12.1. The van der Waals surface area contributed by atoms with Crippen LogP contribution in [0.5, 0.6) is 5.75 Å². The van der Waals surface area contributed by atoms with Gasteiger partial charge in [-0.05, 0) is 41.9 Å². The maximum atomic E-state index is 12.1. The lowest BCUT2D eigenvalue weighted by molar-refractivity contribution is -0.143. The highest BCUT2D eigenvalue weighted by molar-refractivity contribution is 5.70. The summed E-state index contributed by atoms with van der Waals surface area (Å²) in [6, 6.07) is 4.07. The first-order chi connectivity index (χ1) is 16.3. The molecule has 1 aromatic rings. The molecule has 1 aromatic carbocycles. The third-order valence-electron chi connectivity index (χ3n) is 6.85. The number of benzene rings is 1. The lowest BCUT2D eigenvalue weighted by Crippen LogP contribution is -2.12. The second-order valence-corrected chi connectivity index (χ2v) is 11.2. The molecular formula is C31H54O3. The van der Waals surface area contributed by atoms with E-state index in [1.807, 2.05) is 19.1 Å². The van der Waals surface area contributed by atoms with E-state index in [1.165, 1.54) is 89.0 Å². The summed E-state index contributed by atoms with van der Waals surface area (Å²) in [5.41, 5.74) is 2.91. The molecule has 0 fully saturated rings. The summed E-state index contributed by atoms with van der Waals surface area (Å²) in [5, 5.41) is 10.4. The van der Waals surface area contributed by atoms with Crippen molar-refractivity contribution in [2.45, 2.75) is 149 Å². The number of aromatic hydroxyl groups is 1. The van der Waals surface area contributed by atoms with Gasteiger partial charge in [0.05, 0.1) is 6.61 Å². The first-order valence-corrected chi connectivity index (χ1v) is 14.2. The normalized spacial score (nSPS) is 11.7. The van der Waals surface area contributed by atoms with Crippen LogP contribution in [0, 0.1) is 6.92 Å². The van der Waals surface area contributed by atoms with Crippen molar-refractivity contribution in [1.29, 1.82) is 0 Å². The molecule has 0 saturated carbocycles. The lowest BCUT2D eigenvalue weighted by Gasteiger charge is -2.21. The molecule has 0 radical (unpaired) electrons. The highest BCUT2D eigenvalue weighted by atomic mass is 16.5. The van der Waals surface area contributed by atoms with Gasteiger partial charge in [-0.1, -0.05) is 130 Å². The average molecular weight is 475 g/mol. The van der Waals surface area contributed by atoms with Gasteiger partial charge in [0.25, 0.3) is 0 Å². The molecule has 0 atom stereocenters. The Bertz CT molecular complexity index is 672. The van der Waals surface area contributed by atoms with E-state index in [1.54, 1.807) is 0 Å². The Labute approximate surface area is 211 Å². The van der Waals surface area contributed by atoms with Crippen LogP contribution in [-0.4, -0.2) is 17.7 Å². The van der Waals surface area contributed by atoms with Crippen molar-refractivity contribution in [2.24, 2.45) is 0 Å². The largest absolute Gasteiger partial charge is 0.507 e. The first kappa shape index (κ1) is 30.5. The Kier molecular flexibility index (Phi) is 16.0. The van der Waals surface area contributed by atoms with Crippen LogP contribution in [0.2, 0.25) is 0 Å². The van der Waals surface area contributed by atoms with Crippen molar-refractivity contribution in [3.05, 3.63) is 28.8 Å². The van der Waals surface area contributed by atoms with Crippen LogP contribution in [-0.2, 0) is 21.4 Å². The average Bonchev–Trinajstić information content (AvgIpc) is 2.79. The van der Waals surface area contributed by atoms with Gasteiger partial charge in [0.1, 0.15) is 5.75 Å². The Morgan fingerprint density at radius 3 is 1.74 bits per heavy atom. The minimum atomic E-state index is -0.163. The maximum Gasteiger partial charge on any atom is 0.306 e. The molecular weight excluding hydrogens is 420 g/mol. The molecule has 0 spiro atoms. The lowest BCUT2D eigenvalue weighted by atomic mass is 9.84. The fraction of sp³-hybridized carbons (Fsp3) is 0.774. The molecule has 0 heterocycles. The van der Waals surface area contributed by atoms with E-state index >= 15 is 0 Å². The van der Waals surface area contributed by atoms with Gasteiger partial charge < -0.3 is 9.84 Å². The molecule has 0 aliphatic carbocycles. The van der Waals surface area contributed by atoms with Crippen molar-refractivity contribution in [1.82, 2.24) is 0 Å². The second-order valence-electron chi connectivity index (χ2n) is 11.2. The van der Waals surface area contributed by atoms with Gasteiger partial charge in [0, 0.05) is 6.42 Å². The molecule has 3 nitrogen and oxygen atoms in total. The van der Waals surface area contributed by atoms with E-state index in [0.29, 0.717) is 25.2 Å². The molecule has 3 heteroatoms. The number of esters is 1. The number of hydrogen-bond acceptors (Lipinski definition) is 3. The van der Waals surface area contributed by atoms with E-state index in [2.05, 4.69) is 27.7 Å². The fourth-order valence-electron chi connectivity index (χ4n) is 4.44. The van der Waals surface area contributed by atoms with Crippen molar-refractivity contribution in [2.75, 3.05) is 6.61 Å². The van der Waals surface area contributed by atoms with Gasteiger partial charge in [-0.2, -0.15) is 0 Å². The zero-order chi connectivity index (χ0) is 25.2. The molecule has 0 amide bonds. The van der Waals surface area contributed by atoms with Crippen LogP contribution in [0.3, 0.4) is 0 Å². The quantitative estimate of drug-likeness (QED) is 0.160. The molecule has 0 aromatic heterocycles. The molecule has 1 rings (SSSR count). The van der Waals surface area contributed by atoms with Gasteiger partial charge >= 0.3 is 5.97 Å². The minimum Gasteiger partial charge on any atom is -0.507 e. The number of aryl methyl sites for hydroxylation is 2. The second kappa shape index (κ2) is 17.9. The number of unbranched alkanes of at least 4 members (excludes halogenated alkanes) is 14. The molecule has 0 unspecified atom stereocenters. The van der Waals surface area contributed by atoms with E-state index in [-0.39, 0.29) is 11.4 Å². The topological polar surface area (TPSA) is 46.5 Å². The minimum absolute atomic E-state index is 0.0151. The molecule has 0 bridgehead atoms. The Morgan fingerprint density at radius 2 is 1.26 bits per heavy atom. The Hall–Kier alpha value is -1.51. The third-order valence-corrected chi connectivity index (χ3v) is 6.85. The number of rotatable bonds is 19. The van der Waals surface area contributed by atoms with Crippen LogP contribution in [0.25, 0.3) is 0 Å². The summed E-state index contributed by atoms with van der Waals surface area (Å²) in [5.74, 6) is 0.145. The molecule has 196 valence electrons. The van der Waals surface area contributed by atoms with Crippen LogP contribution in [0.1, 0.15) is 147 Å². The predicted molar refractivity (Wildman–Crippen MR) is 146 cm³/mol. The number of carbonyl (C=O) groups excluding carboxylic acids is 1. The summed E-state index contributed by atoms with van der Waals surface area (Å²) >= 11 is 0. The van der Waals surface area contributed by atoms with Crippen molar-refractivity contribution in [3.8, 4) is 5.75 Å². The fourth-order valence-corrected chi connectivity index (χ4v) is 4.44. The van der Waals surface area contributed by atoms with Crippen LogP contribution < -0.4 is 0 Å². The van der Waals surface area contributed by atoms with Crippen LogP contribution in [0.15, 0.2) is 12.1 Å². The number of phenolic OH excluding ortho intramolecular Hbond substituents is 1. The van der Waals surface area contributed by atoms with E-state index < -0.39 is 0 Å². The Morgan fingerprint density at radius 1 is 0.794 bits per heavy atom. The van der Waals surface area contributed by atoms with Crippen LogP contribution in [0.4, 0.5) is 0 Å². The molecule has 0 aliphatic heterocycles. The van der Waals surface area contributed by atoms with Crippen molar-refractivity contribution in [3.63, 3.8) is 0 Å². The van der Waals surface area contributed by atoms with Gasteiger partial charge in [0.15, 0.2) is 0 Å². The zero-order valence-electron chi connectivity index (χ0n) is 23.1. The smallest absolute Gasteiger partial charge is 0.306 e. The number of carbonyl (C=O) groups is 1. The third kappa shape index (κ3) is 14.0. The van der Waals surface area contributed by atoms with E-state index in [9.17, 15) is 9.90 Å². The highest BCUT2D eigenvalue weighted by Crippen LogP contribution is 2.31. The van der Waals surface area contributed by atoms with Gasteiger partial charge in [-0.25, -0.2) is 0 Å². The number of phenols is 1. The summed E-state index contributed by atoms with van der Waals surface area (Å²) in [6.45, 7) is 11.2. The Balaban J connectivity index is 2.01.